The van der Waals surface area contributed by atoms with Crippen LogP contribution >= 0.6 is 0 Å². The summed E-state index contributed by atoms with van der Waals surface area (Å²) in [5.41, 5.74) is 17.0. The fourth-order valence-corrected chi connectivity index (χ4v) is 4.03. The molecule has 0 saturated carbocycles. The molecule has 27 heavy (non-hydrogen) atoms. The minimum atomic E-state index is -0.141. The summed E-state index contributed by atoms with van der Waals surface area (Å²) in [5, 5.41) is 0. The van der Waals surface area contributed by atoms with E-state index in [1.807, 2.05) is 26.0 Å². The number of allylic oxidation sites excluding steroid dienone is 1. The average Bonchev–Trinajstić information content (AvgIpc) is 2.63. The predicted molar refractivity (Wildman–Crippen MR) is 117 cm³/mol. The largest absolute Gasteiger partial charge is 0.327 e. The van der Waals surface area contributed by atoms with Crippen molar-refractivity contribution in [3.63, 3.8) is 0 Å². The van der Waals surface area contributed by atoms with Crippen LogP contribution in [0.4, 0.5) is 4.39 Å². The van der Waals surface area contributed by atoms with Gasteiger partial charge < -0.3 is 5.73 Å². The summed E-state index contributed by atoms with van der Waals surface area (Å²) in [7, 11) is 0. The van der Waals surface area contributed by atoms with Gasteiger partial charge in [0.2, 0.25) is 0 Å². The van der Waals surface area contributed by atoms with Gasteiger partial charge >= 0.3 is 0 Å². The molecule has 0 heterocycles. The zero-order valence-corrected chi connectivity index (χ0v) is 17.6. The van der Waals surface area contributed by atoms with E-state index in [0.717, 1.165) is 39.8 Å². The van der Waals surface area contributed by atoms with Crippen LogP contribution in [0.5, 0.6) is 0 Å². The van der Waals surface area contributed by atoms with Crippen LogP contribution in [0.3, 0.4) is 0 Å². The first-order valence-corrected chi connectivity index (χ1v) is 9.76. The van der Waals surface area contributed by atoms with Crippen molar-refractivity contribution in [2.24, 2.45) is 5.73 Å². The Bertz CT molecular complexity index is 903. The van der Waals surface area contributed by atoms with Gasteiger partial charge in [-0.15, -0.1) is 0 Å². The molecule has 0 atom stereocenters. The molecule has 0 saturated heterocycles. The standard InChI is InChI=1S/C25H32FN/c1-8-19-10-11-23(26)20(9-2)25(19)21(12-13-27)24-16(5)14-22(15(3)4)17(6)18(24)7/h10-12,14H,3,8-9,13,27H2,1-2,4-7H3/b21-12-. The number of benzene rings is 2. The summed E-state index contributed by atoms with van der Waals surface area (Å²) in [4.78, 5) is 0. The Morgan fingerprint density at radius 2 is 1.74 bits per heavy atom. The van der Waals surface area contributed by atoms with Gasteiger partial charge in [0.05, 0.1) is 0 Å². The topological polar surface area (TPSA) is 26.0 Å². The third-order valence-electron chi connectivity index (χ3n) is 5.49. The smallest absolute Gasteiger partial charge is 0.127 e. The highest BCUT2D eigenvalue weighted by molar-refractivity contribution is 5.87. The van der Waals surface area contributed by atoms with Gasteiger partial charge in [0.1, 0.15) is 5.82 Å². The van der Waals surface area contributed by atoms with Gasteiger partial charge in [0, 0.05) is 6.54 Å². The van der Waals surface area contributed by atoms with E-state index in [1.54, 1.807) is 6.07 Å². The Hall–Kier alpha value is -2.19. The molecule has 0 spiro atoms. The van der Waals surface area contributed by atoms with Gasteiger partial charge in [0.25, 0.3) is 0 Å². The Morgan fingerprint density at radius 1 is 1.07 bits per heavy atom. The minimum absolute atomic E-state index is 0.141. The number of aryl methyl sites for hydroxylation is 2. The summed E-state index contributed by atoms with van der Waals surface area (Å²) in [6.07, 6.45) is 3.55. The molecular formula is C25H32FN. The molecule has 2 N–H and O–H groups in total. The van der Waals surface area contributed by atoms with Crippen LogP contribution in [0.15, 0.2) is 30.9 Å². The number of rotatable bonds is 6. The van der Waals surface area contributed by atoms with Crippen molar-refractivity contribution < 1.29 is 4.39 Å². The minimum Gasteiger partial charge on any atom is -0.327 e. The molecule has 0 fully saturated rings. The second kappa shape index (κ2) is 8.67. The molecule has 0 aliphatic heterocycles. The molecule has 144 valence electrons. The lowest BCUT2D eigenvalue weighted by Crippen LogP contribution is -2.08. The lowest BCUT2D eigenvalue weighted by molar-refractivity contribution is 0.610. The van der Waals surface area contributed by atoms with Crippen molar-refractivity contribution in [3.8, 4) is 0 Å². The molecule has 2 aromatic rings. The molecular weight excluding hydrogens is 333 g/mol. The number of hydrogen-bond acceptors (Lipinski definition) is 1. The summed E-state index contributed by atoms with van der Waals surface area (Å²) >= 11 is 0. The van der Waals surface area contributed by atoms with Crippen molar-refractivity contribution >= 4 is 11.1 Å². The van der Waals surface area contributed by atoms with E-state index in [0.29, 0.717) is 13.0 Å². The van der Waals surface area contributed by atoms with Crippen molar-refractivity contribution in [2.75, 3.05) is 6.54 Å². The lowest BCUT2D eigenvalue weighted by Gasteiger charge is -2.23. The molecule has 0 radical (unpaired) electrons. The normalized spacial score (nSPS) is 11.8. The maximum Gasteiger partial charge on any atom is 0.127 e. The van der Waals surface area contributed by atoms with E-state index in [2.05, 4.69) is 40.3 Å². The third kappa shape index (κ3) is 3.91. The number of hydrogen-bond donors (Lipinski definition) is 1. The quantitative estimate of drug-likeness (QED) is 0.639. The van der Waals surface area contributed by atoms with E-state index >= 15 is 0 Å². The van der Waals surface area contributed by atoms with Gasteiger partial charge in [-0.3, -0.25) is 0 Å². The second-order valence-corrected chi connectivity index (χ2v) is 7.27. The van der Waals surface area contributed by atoms with Gasteiger partial charge in [0.15, 0.2) is 0 Å². The van der Waals surface area contributed by atoms with Crippen molar-refractivity contribution in [3.05, 3.63) is 81.2 Å². The third-order valence-corrected chi connectivity index (χ3v) is 5.49. The van der Waals surface area contributed by atoms with Gasteiger partial charge in [-0.25, -0.2) is 4.39 Å². The highest BCUT2D eigenvalue weighted by Gasteiger charge is 2.21. The summed E-state index contributed by atoms with van der Waals surface area (Å²) in [6, 6.07) is 5.70. The number of nitrogens with two attached hydrogens (primary N) is 1. The van der Waals surface area contributed by atoms with Crippen molar-refractivity contribution in [1.29, 1.82) is 0 Å². The zero-order chi connectivity index (χ0) is 20.3. The zero-order valence-electron chi connectivity index (χ0n) is 17.6. The van der Waals surface area contributed by atoms with E-state index in [-0.39, 0.29) is 5.82 Å². The van der Waals surface area contributed by atoms with Crippen LogP contribution in [0, 0.1) is 26.6 Å². The molecule has 1 nitrogen and oxygen atoms in total. The summed E-state index contributed by atoms with van der Waals surface area (Å²) in [5.74, 6) is -0.141. The Morgan fingerprint density at radius 3 is 2.26 bits per heavy atom. The first-order chi connectivity index (χ1) is 12.8. The van der Waals surface area contributed by atoms with E-state index in [1.165, 1.54) is 22.3 Å². The van der Waals surface area contributed by atoms with Gasteiger partial charge in [-0.2, -0.15) is 0 Å². The predicted octanol–water partition coefficient (Wildman–Crippen LogP) is 6.30. The molecule has 2 rings (SSSR count). The first kappa shape index (κ1) is 21.1. The first-order valence-electron chi connectivity index (χ1n) is 9.76. The fraction of sp³-hybridized carbons (Fsp3) is 0.360. The highest BCUT2D eigenvalue weighted by Crippen LogP contribution is 2.37. The molecule has 2 heteroatoms. The molecule has 0 aromatic heterocycles. The maximum absolute atomic E-state index is 14.7. The van der Waals surface area contributed by atoms with E-state index in [4.69, 9.17) is 5.73 Å². The highest BCUT2D eigenvalue weighted by atomic mass is 19.1. The van der Waals surface area contributed by atoms with E-state index < -0.39 is 0 Å². The van der Waals surface area contributed by atoms with Gasteiger partial charge in [-0.05, 0) is 96.7 Å². The average molecular weight is 366 g/mol. The van der Waals surface area contributed by atoms with Crippen LogP contribution in [-0.4, -0.2) is 6.54 Å². The Kier molecular flexibility index (Phi) is 6.78. The Balaban J connectivity index is 2.91. The van der Waals surface area contributed by atoms with Crippen LogP contribution in [-0.2, 0) is 12.8 Å². The van der Waals surface area contributed by atoms with Crippen molar-refractivity contribution in [2.45, 2.75) is 54.4 Å². The monoisotopic (exact) mass is 365 g/mol. The van der Waals surface area contributed by atoms with Crippen LogP contribution < -0.4 is 5.73 Å². The molecule has 0 bridgehead atoms. The summed E-state index contributed by atoms with van der Waals surface area (Å²) in [6.45, 7) is 17.1. The second-order valence-electron chi connectivity index (χ2n) is 7.27. The fourth-order valence-electron chi connectivity index (χ4n) is 4.03. The Labute approximate surface area is 163 Å². The molecule has 0 unspecified atom stereocenters. The molecule has 2 aromatic carbocycles. The molecule has 0 aliphatic carbocycles. The van der Waals surface area contributed by atoms with Gasteiger partial charge in [-0.1, -0.05) is 44.2 Å². The number of halogens is 1. The molecule has 0 aliphatic rings. The van der Waals surface area contributed by atoms with Crippen LogP contribution in [0.1, 0.15) is 65.3 Å². The summed E-state index contributed by atoms with van der Waals surface area (Å²) < 4.78 is 14.7. The van der Waals surface area contributed by atoms with Crippen molar-refractivity contribution in [1.82, 2.24) is 0 Å². The van der Waals surface area contributed by atoms with Crippen LogP contribution in [0.2, 0.25) is 0 Å². The lowest BCUT2D eigenvalue weighted by atomic mass is 9.81. The van der Waals surface area contributed by atoms with E-state index in [9.17, 15) is 4.39 Å². The van der Waals surface area contributed by atoms with Crippen LogP contribution in [0.25, 0.3) is 11.1 Å². The SMILES string of the molecule is C=C(C)c1cc(C)c(/C(=C/CN)c2c(CC)ccc(F)c2CC)c(C)c1C. The maximum atomic E-state index is 14.7. The molecule has 0 amide bonds.